The molecule has 0 fully saturated rings. The summed E-state index contributed by atoms with van der Waals surface area (Å²) >= 11 is 0. The summed E-state index contributed by atoms with van der Waals surface area (Å²) < 4.78 is 9.75. The number of methoxy groups -OCH3 is 1. The van der Waals surface area contributed by atoms with Crippen LogP contribution in [-0.4, -0.2) is 25.3 Å². The summed E-state index contributed by atoms with van der Waals surface area (Å²) in [4.78, 5) is 22.6. The quantitative estimate of drug-likeness (QED) is 0.641. The lowest BCUT2D eigenvalue weighted by atomic mass is 10.2. The Hall–Kier alpha value is -2.30. The first-order valence-corrected chi connectivity index (χ1v) is 6.42. The molecule has 0 saturated carbocycles. The monoisotopic (exact) mass is 277 g/mol. The Labute approximate surface area is 118 Å². The maximum atomic E-state index is 11.7. The second kappa shape index (κ2) is 8.74. The molecule has 1 amide bonds. The van der Waals surface area contributed by atoms with E-state index in [4.69, 9.17) is 4.74 Å². The normalized spacial score (nSPS) is 11.9. The standard InChI is InChI=1S/C15H19NO4/c1-3-13(10-7-11-14(17)19-2)20-15(18)16-12-8-5-4-6-9-12/h4-9,11,13H,3,10H2,1-2H3,(H,16,18)/b11-7+. The van der Waals surface area contributed by atoms with Gasteiger partial charge in [-0.1, -0.05) is 31.2 Å². The molecule has 0 bridgehead atoms. The molecule has 1 aromatic rings. The zero-order chi connectivity index (χ0) is 14.8. The van der Waals surface area contributed by atoms with Gasteiger partial charge in [0.2, 0.25) is 0 Å². The zero-order valence-corrected chi connectivity index (χ0v) is 11.7. The Kier molecular flexibility index (Phi) is 6.89. The van der Waals surface area contributed by atoms with Gasteiger partial charge >= 0.3 is 12.1 Å². The number of carbonyl (C=O) groups is 2. The Morgan fingerprint density at radius 2 is 2.00 bits per heavy atom. The summed E-state index contributed by atoms with van der Waals surface area (Å²) in [6.07, 6.45) is 3.30. The van der Waals surface area contributed by atoms with E-state index in [2.05, 4.69) is 10.1 Å². The summed E-state index contributed by atoms with van der Waals surface area (Å²) in [7, 11) is 1.31. The first-order chi connectivity index (χ1) is 9.65. The van der Waals surface area contributed by atoms with Crippen molar-refractivity contribution in [2.75, 3.05) is 12.4 Å². The molecule has 1 N–H and O–H groups in total. The van der Waals surface area contributed by atoms with Crippen LogP contribution in [0.5, 0.6) is 0 Å². The van der Waals surface area contributed by atoms with Crippen LogP contribution in [-0.2, 0) is 14.3 Å². The number of rotatable bonds is 6. The van der Waals surface area contributed by atoms with Crippen molar-refractivity contribution in [2.45, 2.75) is 25.9 Å². The number of amides is 1. The highest BCUT2D eigenvalue weighted by atomic mass is 16.6. The topological polar surface area (TPSA) is 64.6 Å². The smallest absolute Gasteiger partial charge is 0.411 e. The van der Waals surface area contributed by atoms with Crippen molar-refractivity contribution in [3.63, 3.8) is 0 Å². The van der Waals surface area contributed by atoms with Crippen LogP contribution in [0.3, 0.4) is 0 Å². The molecule has 0 heterocycles. The molecule has 20 heavy (non-hydrogen) atoms. The van der Waals surface area contributed by atoms with Crippen molar-refractivity contribution in [3.05, 3.63) is 42.5 Å². The number of carbonyl (C=O) groups excluding carboxylic acids is 2. The van der Waals surface area contributed by atoms with Crippen LogP contribution in [0.4, 0.5) is 10.5 Å². The van der Waals surface area contributed by atoms with E-state index in [1.54, 1.807) is 18.2 Å². The minimum atomic E-state index is -0.505. The van der Waals surface area contributed by atoms with Crippen LogP contribution in [0.1, 0.15) is 19.8 Å². The highest BCUT2D eigenvalue weighted by Crippen LogP contribution is 2.09. The number of hydrogen-bond acceptors (Lipinski definition) is 4. The van der Waals surface area contributed by atoms with Gasteiger partial charge in [0.05, 0.1) is 7.11 Å². The van der Waals surface area contributed by atoms with Gasteiger partial charge in [-0.3, -0.25) is 5.32 Å². The fourth-order valence-electron chi connectivity index (χ4n) is 1.50. The van der Waals surface area contributed by atoms with Gasteiger partial charge < -0.3 is 9.47 Å². The fraction of sp³-hybridized carbons (Fsp3) is 0.333. The molecule has 0 aliphatic carbocycles. The van der Waals surface area contributed by atoms with E-state index in [0.29, 0.717) is 18.5 Å². The van der Waals surface area contributed by atoms with Crippen molar-refractivity contribution >= 4 is 17.7 Å². The molecule has 0 aromatic heterocycles. The van der Waals surface area contributed by atoms with Crippen molar-refractivity contribution in [1.82, 2.24) is 0 Å². The van der Waals surface area contributed by atoms with E-state index in [-0.39, 0.29) is 6.10 Å². The second-order valence-corrected chi connectivity index (χ2v) is 4.09. The predicted octanol–water partition coefficient (Wildman–Crippen LogP) is 3.13. The molecular formula is C15H19NO4. The van der Waals surface area contributed by atoms with Gasteiger partial charge in [-0.15, -0.1) is 0 Å². The van der Waals surface area contributed by atoms with Crippen molar-refractivity contribution in [2.24, 2.45) is 0 Å². The Morgan fingerprint density at radius 1 is 1.30 bits per heavy atom. The number of esters is 1. The van der Waals surface area contributed by atoms with E-state index < -0.39 is 12.1 Å². The summed E-state index contributed by atoms with van der Waals surface area (Å²) in [5.41, 5.74) is 0.678. The zero-order valence-electron chi connectivity index (χ0n) is 11.7. The highest BCUT2D eigenvalue weighted by Gasteiger charge is 2.11. The Bertz CT molecular complexity index is 456. The molecule has 0 aliphatic heterocycles. The number of anilines is 1. The third-order valence-corrected chi connectivity index (χ3v) is 2.60. The van der Waals surface area contributed by atoms with Crippen LogP contribution in [0.2, 0.25) is 0 Å². The van der Waals surface area contributed by atoms with E-state index >= 15 is 0 Å². The molecule has 5 heteroatoms. The third kappa shape index (κ3) is 6.04. The van der Waals surface area contributed by atoms with Crippen LogP contribution in [0.15, 0.2) is 42.5 Å². The number of benzene rings is 1. The molecule has 5 nitrogen and oxygen atoms in total. The number of ether oxygens (including phenoxy) is 2. The van der Waals surface area contributed by atoms with E-state index in [1.807, 2.05) is 25.1 Å². The summed E-state index contributed by atoms with van der Waals surface area (Å²) in [6, 6.07) is 9.07. The molecule has 1 aromatic carbocycles. The maximum absolute atomic E-state index is 11.7. The van der Waals surface area contributed by atoms with Crippen molar-refractivity contribution < 1.29 is 19.1 Å². The average molecular weight is 277 g/mol. The third-order valence-electron chi connectivity index (χ3n) is 2.60. The van der Waals surface area contributed by atoms with Gasteiger partial charge in [0.1, 0.15) is 6.10 Å². The van der Waals surface area contributed by atoms with Gasteiger partial charge in [0, 0.05) is 18.2 Å². The second-order valence-electron chi connectivity index (χ2n) is 4.09. The van der Waals surface area contributed by atoms with Crippen LogP contribution in [0.25, 0.3) is 0 Å². The van der Waals surface area contributed by atoms with Gasteiger partial charge in [0.15, 0.2) is 0 Å². The summed E-state index contributed by atoms with van der Waals surface area (Å²) in [6.45, 7) is 1.91. The fourth-order valence-corrected chi connectivity index (χ4v) is 1.50. The van der Waals surface area contributed by atoms with Crippen molar-refractivity contribution in [3.8, 4) is 0 Å². The van der Waals surface area contributed by atoms with E-state index in [9.17, 15) is 9.59 Å². The molecule has 108 valence electrons. The van der Waals surface area contributed by atoms with Gasteiger partial charge in [-0.25, -0.2) is 9.59 Å². The Balaban J connectivity index is 2.41. The van der Waals surface area contributed by atoms with Gasteiger partial charge in [0.25, 0.3) is 0 Å². The number of para-hydroxylation sites is 1. The molecule has 0 spiro atoms. The maximum Gasteiger partial charge on any atom is 0.411 e. The molecule has 0 radical (unpaired) electrons. The van der Waals surface area contributed by atoms with Gasteiger partial charge in [-0.05, 0) is 18.6 Å². The molecular weight excluding hydrogens is 258 g/mol. The predicted molar refractivity (Wildman–Crippen MR) is 76.4 cm³/mol. The Morgan fingerprint density at radius 3 is 2.60 bits per heavy atom. The number of nitrogens with one attached hydrogen (secondary N) is 1. The largest absolute Gasteiger partial charge is 0.466 e. The van der Waals surface area contributed by atoms with Crippen LogP contribution in [0, 0.1) is 0 Å². The molecule has 1 rings (SSSR count). The van der Waals surface area contributed by atoms with Crippen molar-refractivity contribution in [1.29, 1.82) is 0 Å². The average Bonchev–Trinajstić information content (AvgIpc) is 2.46. The van der Waals surface area contributed by atoms with Gasteiger partial charge in [-0.2, -0.15) is 0 Å². The SMILES string of the molecule is CCC(C/C=C/C(=O)OC)OC(=O)Nc1ccccc1. The molecule has 1 unspecified atom stereocenters. The summed E-state index contributed by atoms with van der Waals surface area (Å²) in [5, 5.41) is 2.64. The van der Waals surface area contributed by atoms with E-state index in [1.165, 1.54) is 13.2 Å². The van der Waals surface area contributed by atoms with E-state index in [0.717, 1.165) is 0 Å². The summed E-state index contributed by atoms with van der Waals surface area (Å²) in [5.74, 6) is -0.423. The highest BCUT2D eigenvalue weighted by molar-refractivity contribution is 5.84. The first-order valence-electron chi connectivity index (χ1n) is 6.42. The number of hydrogen-bond donors (Lipinski definition) is 1. The lowest BCUT2D eigenvalue weighted by molar-refractivity contribution is -0.134. The molecule has 1 atom stereocenters. The minimum absolute atomic E-state index is 0.278. The first kappa shape index (κ1) is 15.8. The molecule has 0 saturated heterocycles. The molecule has 0 aliphatic rings. The van der Waals surface area contributed by atoms with Crippen LogP contribution >= 0.6 is 0 Å². The minimum Gasteiger partial charge on any atom is -0.466 e. The lowest BCUT2D eigenvalue weighted by Crippen LogP contribution is -2.21. The lowest BCUT2D eigenvalue weighted by Gasteiger charge is -2.14. The van der Waals surface area contributed by atoms with Crippen LogP contribution < -0.4 is 5.32 Å².